The molecule has 4 heteroatoms. The average Bonchev–Trinajstić information content (AvgIpc) is 2.00. The first-order valence-electron chi connectivity index (χ1n) is 3.75. The monoisotopic (exact) mass is 186 g/mol. The third-order valence-electron chi connectivity index (χ3n) is 1.73. The summed E-state index contributed by atoms with van der Waals surface area (Å²) in [6.07, 6.45) is 1.63. The van der Waals surface area contributed by atoms with Crippen molar-refractivity contribution in [2.45, 2.75) is 19.8 Å². The Hall–Kier alpha value is -0.830. The summed E-state index contributed by atoms with van der Waals surface area (Å²) in [6, 6.07) is 0. The van der Waals surface area contributed by atoms with E-state index < -0.39 is 0 Å². The van der Waals surface area contributed by atoms with Crippen molar-refractivity contribution < 1.29 is 0 Å². The van der Waals surface area contributed by atoms with Crippen LogP contribution >= 0.6 is 11.6 Å². The Morgan fingerprint density at radius 1 is 1.58 bits per heavy atom. The molecule has 0 amide bonds. The fourth-order valence-corrected chi connectivity index (χ4v) is 1.32. The molecule has 66 valence electrons. The lowest BCUT2D eigenvalue weighted by Crippen LogP contribution is -2.21. The molecule has 1 aromatic rings. The Morgan fingerprint density at radius 2 is 2.17 bits per heavy atom. The number of hydrogen-bond donors (Lipinski definition) is 0. The van der Waals surface area contributed by atoms with Gasteiger partial charge in [-0.15, -0.1) is 0 Å². The molecule has 0 bridgehead atoms. The minimum Gasteiger partial charge on any atom is -0.266 e. The third-order valence-corrected chi connectivity index (χ3v) is 2.11. The van der Waals surface area contributed by atoms with E-state index in [4.69, 9.17) is 11.6 Å². The summed E-state index contributed by atoms with van der Waals surface area (Å²) in [5, 5.41) is 4.16. The van der Waals surface area contributed by atoms with Crippen LogP contribution in [0.4, 0.5) is 0 Å². The molecular formula is C8H11ClN2O. The maximum absolute atomic E-state index is 11.3. The Morgan fingerprint density at radius 3 is 2.67 bits per heavy atom. The number of aromatic nitrogens is 2. The van der Waals surface area contributed by atoms with E-state index in [0.717, 1.165) is 5.56 Å². The van der Waals surface area contributed by atoms with Gasteiger partial charge in [-0.3, -0.25) is 4.79 Å². The summed E-state index contributed by atoms with van der Waals surface area (Å²) in [6.45, 7) is 3.95. The molecule has 0 atom stereocenters. The molecule has 0 saturated carbocycles. The predicted octanol–water partition coefficient (Wildman–Crippen LogP) is 1.56. The second-order valence-electron chi connectivity index (χ2n) is 3.00. The van der Waals surface area contributed by atoms with Crippen LogP contribution in [0.2, 0.25) is 5.02 Å². The van der Waals surface area contributed by atoms with E-state index in [1.54, 1.807) is 13.2 Å². The van der Waals surface area contributed by atoms with Gasteiger partial charge in [0, 0.05) is 7.05 Å². The first-order chi connectivity index (χ1) is 5.54. The van der Waals surface area contributed by atoms with Gasteiger partial charge in [0.2, 0.25) is 0 Å². The lowest BCUT2D eigenvalue weighted by molar-refractivity contribution is 0.690. The first kappa shape index (κ1) is 9.26. The van der Waals surface area contributed by atoms with Crippen LogP contribution in [0.5, 0.6) is 0 Å². The molecule has 0 unspecified atom stereocenters. The summed E-state index contributed by atoms with van der Waals surface area (Å²) >= 11 is 5.82. The summed E-state index contributed by atoms with van der Waals surface area (Å²) in [5.41, 5.74) is 0.572. The standard InChI is InChI=1S/C8H11ClN2O/c1-5(2)6-4-10-11(3)8(12)7(6)9/h4-5H,1-3H3. The van der Waals surface area contributed by atoms with E-state index >= 15 is 0 Å². The van der Waals surface area contributed by atoms with Gasteiger partial charge in [0.15, 0.2) is 0 Å². The van der Waals surface area contributed by atoms with Crippen LogP contribution in [0.3, 0.4) is 0 Å². The lowest BCUT2D eigenvalue weighted by atomic mass is 10.1. The highest BCUT2D eigenvalue weighted by Crippen LogP contribution is 2.18. The van der Waals surface area contributed by atoms with Crippen molar-refractivity contribution in [2.24, 2.45) is 7.05 Å². The second kappa shape index (κ2) is 3.27. The van der Waals surface area contributed by atoms with E-state index in [9.17, 15) is 4.79 Å². The highest BCUT2D eigenvalue weighted by atomic mass is 35.5. The van der Waals surface area contributed by atoms with Crippen molar-refractivity contribution in [1.82, 2.24) is 9.78 Å². The SMILES string of the molecule is CC(C)c1cnn(C)c(=O)c1Cl. The molecule has 0 aliphatic heterocycles. The van der Waals surface area contributed by atoms with Crippen LogP contribution in [-0.4, -0.2) is 9.78 Å². The van der Waals surface area contributed by atoms with Crippen LogP contribution < -0.4 is 5.56 Å². The van der Waals surface area contributed by atoms with Crippen molar-refractivity contribution >= 4 is 11.6 Å². The lowest BCUT2D eigenvalue weighted by Gasteiger charge is -2.06. The molecule has 0 spiro atoms. The van der Waals surface area contributed by atoms with Crippen molar-refractivity contribution in [1.29, 1.82) is 0 Å². The maximum Gasteiger partial charge on any atom is 0.285 e. The largest absolute Gasteiger partial charge is 0.285 e. The molecule has 0 saturated heterocycles. The molecule has 12 heavy (non-hydrogen) atoms. The quantitative estimate of drug-likeness (QED) is 0.667. The van der Waals surface area contributed by atoms with E-state index in [0.29, 0.717) is 0 Å². The Bertz CT molecular complexity index is 343. The van der Waals surface area contributed by atoms with Gasteiger partial charge in [0.05, 0.1) is 6.20 Å². The van der Waals surface area contributed by atoms with Gasteiger partial charge in [-0.1, -0.05) is 25.4 Å². The number of aryl methyl sites for hydroxylation is 1. The molecular weight excluding hydrogens is 176 g/mol. The molecule has 0 N–H and O–H groups in total. The summed E-state index contributed by atoms with van der Waals surface area (Å²) in [5.74, 6) is 0.235. The van der Waals surface area contributed by atoms with Gasteiger partial charge in [-0.25, -0.2) is 4.68 Å². The minimum absolute atomic E-state index is 0.233. The molecule has 0 fully saturated rings. The van der Waals surface area contributed by atoms with E-state index in [1.165, 1.54) is 4.68 Å². The molecule has 1 heterocycles. The van der Waals surface area contributed by atoms with Crippen molar-refractivity contribution in [3.8, 4) is 0 Å². The van der Waals surface area contributed by atoms with Crippen LogP contribution in [0, 0.1) is 0 Å². The molecule has 0 aliphatic carbocycles. The highest BCUT2D eigenvalue weighted by Gasteiger charge is 2.09. The smallest absolute Gasteiger partial charge is 0.266 e. The Balaban J connectivity index is 3.37. The van der Waals surface area contributed by atoms with Crippen LogP contribution in [-0.2, 0) is 7.05 Å². The third kappa shape index (κ3) is 1.50. The summed E-state index contributed by atoms with van der Waals surface area (Å²) in [4.78, 5) is 11.3. The topological polar surface area (TPSA) is 34.9 Å². The van der Waals surface area contributed by atoms with Gasteiger partial charge in [-0.05, 0) is 11.5 Å². The van der Waals surface area contributed by atoms with E-state index in [-0.39, 0.29) is 16.5 Å². The summed E-state index contributed by atoms with van der Waals surface area (Å²) in [7, 11) is 1.58. The van der Waals surface area contributed by atoms with Gasteiger partial charge in [0.25, 0.3) is 5.56 Å². The molecule has 0 aliphatic rings. The fraction of sp³-hybridized carbons (Fsp3) is 0.500. The minimum atomic E-state index is -0.233. The van der Waals surface area contributed by atoms with Gasteiger partial charge < -0.3 is 0 Å². The molecule has 0 radical (unpaired) electrons. The predicted molar refractivity (Wildman–Crippen MR) is 48.6 cm³/mol. The van der Waals surface area contributed by atoms with Crippen LogP contribution in [0.25, 0.3) is 0 Å². The zero-order valence-electron chi connectivity index (χ0n) is 7.34. The van der Waals surface area contributed by atoms with Crippen molar-refractivity contribution in [3.63, 3.8) is 0 Å². The Kier molecular flexibility index (Phi) is 2.52. The average molecular weight is 187 g/mol. The van der Waals surface area contributed by atoms with Crippen molar-refractivity contribution in [2.75, 3.05) is 0 Å². The normalized spacial score (nSPS) is 10.8. The number of nitrogens with zero attached hydrogens (tertiary/aromatic N) is 2. The van der Waals surface area contributed by atoms with Crippen molar-refractivity contribution in [3.05, 3.63) is 27.1 Å². The first-order valence-corrected chi connectivity index (χ1v) is 4.13. The second-order valence-corrected chi connectivity index (χ2v) is 3.38. The molecule has 3 nitrogen and oxygen atoms in total. The number of rotatable bonds is 1. The van der Waals surface area contributed by atoms with E-state index in [1.807, 2.05) is 13.8 Å². The van der Waals surface area contributed by atoms with Crippen LogP contribution in [0.15, 0.2) is 11.0 Å². The number of halogens is 1. The molecule has 0 aromatic carbocycles. The molecule has 1 aromatic heterocycles. The number of hydrogen-bond acceptors (Lipinski definition) is 2. The van der Waals surface area contributed by atoms with Gasteiger partial charge in [0.1, 0.15) is 5.02 Å². The van der Waals surface area contributed by atoms with Crippen LogP contribution in [0.1, 0.15) is 25.3 Å². The highest BCUT2D eigenvalue weighted by molar-refractivity contribution is 6.31. The summed E-state index contributed by atoms with van der Waals surface area (Å²) < 4.78 is 1.23. The maximum atomic E-state index is 11.3. The zero-order chi connectivity index (χ0) is 9.30. The van der Waals surface area contributed by atoms with Gasteiger partial charge in [-0.2, -0.15) is 5.10 Å². The molecule has 1 rings (SSSR count). The fourth-order valence-electron chi connectivity index (χ4n) is 0.926. The Labute approximate surface area is 76.0 Å². The van der Waals surface area contributed by atoms with Gasteiger partial charge >= 0.3 is 0 Å². The zero-order valence-corrected chi connectivity index (χ0v) is 8.09. The van der Waals surface area contributed by atoms with E-state index in [2.05, 4.69) is 5.10 Å².